The van der Waals surface area contributed by atoms with Crippen LogP contribution in [0.3, 0.4) is 0 Å². The van der Waals surface area contributed by atoms with Crippen LogP contribution in [0.4, 0.5) is 0 Å². The molecule has 0 unspecified atom stereocenters. The van der Waals surface area contributed by atoms with E-state index in [2.05, 4.69) is 13.8 Å². The zero-order valence-electron chi connectivity index (χ0n) is 13.8. The Labute approximate surface area is 159 Å². The first-order valence-electron chi connectivity index (χ1n) is 7.94. The first-order valence-corrected chi connectivity index (χ1v) is 7.94. The summed E-state index contributed by atoms with van der Waals surface area (Å²) in [4.78, 5) is 19.8. The minimum Gasteiger partial charge on any atom is -0.550 e. The summed E-state index contributed by atoms with van der Waals surface area (Å²) in [5, 5.41) is 19.8. The topological polar surface area (TPSA) is 80.3 Å². The van der Waals surface area contributed by atoms with E-state index >= 15 is 0 Å². The van der Waals surface area contributed by atoms with Gasteiger partial charge in [0.25, 0.3) is 0 Å². The van der Waals surface area contributed by atoms with Crippen LogP contribution in [0.5, 0.6) is 0 Å². The third-order valence-electron chi connectivity index (χ3n) is 2.97. The van der Waals surface area contributed by atoms with Crippen molar-refractivity contribution < 1.29 is 19.8 Å². The van der Waals surface area contributed by atoms with Gasteiger partial charge in [0.2, 0.25) is 0 Å². The van der Waals surface area contributed by atoms with E-state index < -0.39 is 11.9 Å². The summed E-state index contributed by atoms with van der Waals surface area (Å²) in [6.45, 7) is 4.28. The second-order valence-electron chi connectivity index (χ2n) is 5.07. The Morgan fingerprint density at radius 2 is 0.905 bits per heavy atom. The molecule has 0 saturated heterocycles. The number of aliphatic carboxylic acids is 2. The molecule has 0 aromatic heterocycles. The Balaban J connectivity index is -0.000000295. The van der Waals surface area contributed by atoms with Gasteiger partial charge in [0.1, 0.15) is 0 Å². The third kappa shape index (κ3) is 33.2. The fourth-order valence-electron chi connectivity index (χ4n) is 1.75. The number of hydrogen-bond donors (Lipinski definition) is 0. The molecule has 0 bridgehead atoms. The molecule has 0 saturated carbocycles. The van der Waals surface area contributed by atoms with E-state index in [4.69, 9.17) is 0 Å². The van der Waals surface area contributed by atoms with E-state index in [1.54, 1.807) is 0 Å². The van der Waals surface area contributed by atoms with Crippen molar-refractivity contribution in [2.24, 2.45) is 0 Å². The Morgan fingerprint density at radius 3 is 1.14 bits per heavy atom. The maximum Gasteiger partial charge on any atom is 2.00 e. The van der Waals surface area contributed by atoms with Gasteiger partial charge in [-0.25, -0.2) is 0 Å². The van der Waals surface area contributed by atoms with Gasteiger partial charge in [-0.15, -0.1) is 0 Å². The largest absolute Gasteiger partial charge is 2.00 e. The number of carboxylic acids is 2. The number of carbonyl (C=O) groups is 2. The molecule has 0 heterocycles. The second-order valence-corrected chi connectivity index (χ2v) is 5.07. The molecule has 0 atom stereocenters. The molecule has 120 valence electrons. The second kappa shape index (κ2) is 22.5. The van der Waals surface area contributed by atoms with Gasteiger partial charge in [0.05, 0.1) is 0 Å². The van der Waals surface area contributed by atoms with Gasteiger partial charge >= 0.3 is 37.7 Å². The summed E-state index contributed by atoms with van der Waals surface area (Å²) in [6.07, 6.45) is 11.2. The summed E-state index contributed by atoms with van der Waals surface area (Å²) in [5.74, 6) is -1.84. The minimum absolute atomic E-state index is 0. The van der Waals surface area contributed by atoms with E-state index in [1.807, 2.05) is 0 Å². The maximum absolute atomic E-state index is 9.92. The molecule has 0 aliphatic rings. The monoisotopic (exact) mass is 326 g/mol. The van der Waals surface area contributed by atoms with Gasteiger partial charge in [-0.3, -0.25) is 0 Å². The van der Waals surface area contributed by atoms with E-state index in [9.17, 15) is 19.8 Å². The molecule has 0 spiro atoms. The van der Waals surface area contributed by atoms with Gasteiger partial charge in [-0.2, -0.15) is 0 Å². The van der Waals surface area contributed by atoms with Crippen molar-refractivity contribution in [3.63, 3.8) is 0 Å². The standard InChI is InChI=1S/2C8H16O2.Ca/c2*1-2-3-4-5-6-7-8(9)10;/h2*2-7H2,1H3,(H,9,10);/q;;+2/p-2. The SMILES string of the molecule is CCCCCCCC(=O)[O-].CCCCCCCC(=O)[O-].[Ca+2]. The van der Waals surface area contributed by atoms with Crippen LogP contribution >= 0.6 is 0 Å². The van der Waals surface area contributed by atoms with Gasteiger partial charge in [-0.05, 0) is 25.7 Å². The fraction of sp³-hybridized carbons (Fsp3) is 0.875. The number of rotatable bonds is 12. The molecular weight excluding hydrogens is 296 g/mol. The first-order chi connectivity index (χ1) is 9.54. The third-order valence-corrected chi connectivity index (χ3v) is 2.97. The molecule has 0 aromatic carbocycles. The molecular formula is C16H30CaO4. The molecule has 0 aromatic rings. The zero-order valence-corrected chi connectivity index (χ0v) is 16.0. The molecule has 0 amide bonds. The molecule has 0 aliphatic heterocycles. The molecule has 0 aliphatic carbocycles. The fourth-order valence-corrected chi connectivity index (χ4v) is 1.75. The summed E-state index contributed by atoms with van der Waals surface area (Å²) in [7, 11) is 0. The van der Waals surface area contributed by atoms with Crippen LogP contribution in [-0.2, 0) is 9.59 Å². The van der Waals surface area contributed by atoms with Crippen LogP contribution < -0.4 is 10.2 Å². The zero-order chi connectivity index (χ0) is 15.6. The number of hydrogen-bond acceptors (Lipinski definition) is 4. The van der Waals surface area contributed by atoms with Crippen LogP contribution in [0.15, 0.2) is 0 Å². The Bertz CT molecular complexity index is 208. The van der Waals surface area contributed by atoms with Gasteiger partial charge < -0.3 is 19.8 Å². The van der Waals surface area contributed by atoms with E-state index in [1.165, 1.54) is 25.7 Å². The van der Waals surface area contributed by atoms with Crippen LogP contribution in [-0.4, -0.2) is 49.7 Å². The van der Waals surface area contributed by atoms with Crippen LogP contribution in [0, 0.1) is 0 Å². The van der Waals surface area contributed by atoms with Gasteiger partial charge in [-0.1, -0.05) is 65.2 Å². The van der Waals surface area contributed by atoms with Crippen LogP contribution in [0.1, 0.15) is 90.9 Å². The summed E-state index contributed by atoms with van der Waals surface area (Å²) in [6, 6.07) is 0. The van der Waals surface area contributed by atoms with Gasteiger partial charge in [0.15, 0.2) is 0 Å². The molecule has 0 fully saturated rings. The van der Waals surface area contributed by atoms with Crippen molar-refractivity contribution in [1.29, 1.82) is 0 Å². The quantitative estimate of drug-likeness (QED) is 0.405. The van der Waals surface area contributed by atoms with Crippen LogP contribution in [0.2, 0.25) is 0 Å². The van der Waals surface area contributed by atoms with Crippen molar-refractivity contribution in [1.82, 2.24) is 0 Å². The Morgan fingerprint density at radius 1 is 0.619 bits per heavy atom. The van der Waals surface area contributed by atoms with Crippen molar-refractivity contribution in [2.45, 2.75) is 90.9 Å². The molecule has 21 heavy (non-hydrogen) atoms. The van der Waals surface area contributed by atoms with E-state index in [-0.39, 0.29) is 50.6 Å². The van der Waals surface area contributed by atoms with E-state index in [0.29, 0.717) is 0 Å². The molecule has 0 rings (SSSR count). The molecule has 0 radical (unpaired) electrons. The van der Waals surface area contributed by atoms with E-state index in [0.717, 1.165) is 38.5 Å². The predicted molar refractivity (Wildman–Crippen MR) is 82.5 cm³/mol. The maximum atomic E-state index is 9.92. The number of carboxylic acid groups (broad SMARTS) is 2. The van der Waals surface area contributed by atoms with Crippen molar-refractivity contribution in [2.75, 3.05) is 0 Å². The normalized spacial score (nSPS) is 9.24. The molecule has 4 nitrogen and oxygen atoms in total. The van der Waals surface area contributed by atoms with Crippen LogP contribution in [0.25, 0.3) is 0 Å². The summed E-state index contributed by atoms with van der Waals surface area (Å²) >= 11 is 0. The minimum atomic E-state index is -0.920. The summed E-state index contributed by atoms with van der Waals surface area (Å²) < 4.78 is 0. The van der Waals surface area contributed by atoms with Crippen molar-refractivity contribution >= 4 is 49.7 Å². The number of carbonyl (C=O) groups excluding carboxylic acids is 2. The average molecular weight is 326 g/mol. The van der Waals surface area contributed by atoms with Gasteiger partial charge in [0, 0.05) is 11.9 Å². The predicted octanol–water partition coefficient (Wildman–Crippen LogP) is 1.81. The Kier molecular flexibility index (Phi) is 28.0. The smallest absolute Gasteiger partial charge is 0.550 e. The Hall–Kier alpha value is 0.200. The molecule has 5 heteroatoms. The van der Waals surface area contributed by atoms with Crippen molar-refractivity contribution in [3.8, 4) is 0 Å². The van der Waals surface area contributed by atoms with Crippen molar-refractivity contribution in [3.05, 3.63) is 0 Å². The first kappa shape index (κ1) is 26.1. The summed E-state index contributed by atoms with van der Waals surface area (Å²) in [5.41, 5.74) is 0. The molecule has 0 N–H and O–H groups in total. The average Bonchev–Trinajstić information content (AvgIpc) is 2.38. The number of unbranched alkanes of at least 4 members (excludes halogenated alkanes) is 8.